The number of morpholine rings is 1. The number of ether oxygens (including phenoxy) is 1. The van der Waals surface area contributed by atoms with E-state index >= 15 is 0 Å². The maximum Gasteiger partial charge on any atom is 0.258 e. The van der Waals surface area contributed by atoms with Crippen molar-refractivity contribution in [3.63, 3.8) is 0 Å². The Hall–Kier alpha value is -1.16. The van der Waals surface area contributed by atoms with E-state index in [0.717, 1.165) is 21.2 Å². The number of halogens is 1. The molecule has 140 valence electrons. The van der Waals surface area contributed by atoms with Crippen molar-refractivity contribution in [3.05, 3.63) is 27.5 Å². The molecule has 0 N–H and O–H groups in total. The van der Waals surface area contributed by atoms with Crippen LogP contribution in [0.15, 0.2) is 27.7 Å². The Labute approximate surface area is 168 Å². The predicted molar refractivity (Wildman–Crippen MR) is 108 cm³/mol. The van der Waals surface area contributed by atoms with Crippen molar-refractivity contribution in [1.82, 2.24) is 9.47 Å². The lowest BCUT2D eigenvalue weighted by Crippen LogP contribution is -2.41. The Morgan fingerprint density at radius 2 is 2.08 bits per heavy atom. The van der Waals surface area contributed by atoms with Crippen molar-refractivity contribution in [1.29, 1.82) is 0 Å². The molecular formula is C17H20BrN3O3S2. The number of carbonyl (C=O) groups excluding carboxylic acids is 2. The van der Waals surface area contributed by atoms with Gasteiger partial charge in [0, 0.05) is 24.1 Å². The van der Waals surface area contributed by atoms with Crippen LogP contribution in [-0.2, 0) is 20.9 Å². The Kier molecular flexibility index (Phi) is 6.91. The van der Waals surface area contributed by atoms with Crippen molar-refractivity contribution >= 4 is 61.1 Å². The second-order valence-corrected chi connectivity index (χ2v) is 8.64. The molecule has 0 aliphatic carbocycles. The van der Waals surface area contributed by atoms with Crippen LogP contribution in [0.25, 0.3) is 10.2 Å². The summed E-state index contributed by atoms with van der Waals surface area (Å²) in [5.74, 6) is 0.352. The van der Waals surface area contributed by atoms with Crippen LogP contribution in [0.3, 0.4) is 0 Å². The first-order valence-corrected chi connectivity index (χ1v) is 11.1. The first-order valence-electron chi connectivity index (χ1n) is 8.38. The van der Waals surface area contributed by atoms with Crippen LogP contribution in [-0.4, -0.2) is 59.1 Å². The van der Waals surface area contributed by atoms with Crippen LogP contribution in [0.5, 0.6) is 0 Å². The fourth-order valence-electron chi connectivity index (χ4n) is 2.71. The number of amides is 2. The molecule has 9 heteroatoms. The highest BCUT2D eigenvalue weighted by atomic mass is 79.9. The van der Waals surface area contributed by atoms with Gasteiger partial charge < -0.3 is 14.2 Å². The maximum atomic E-state index is 12.2. The molecule has 1 aromatic carbocycles. The third-order valence-electron chi connectivity index (χ3n) is 4.00. The van der Waals surface area contributed by atoms with Gasteiger partial charge >= 0.3 is 0 Å². The number of rotatable bonds is 5. The van der Waals surface area contributed by atoms with Gasteiger partial charge in [-0.3, -0.25) is 9.59 Å². The van der Waals surface area contributed by atoms with Gasteiger partial charge in [-0.1, -0.05) is 27.3 Å². The van der Waals surface area contributed by atoms with E-state index in [0.29, 0.717) is 36.9 Å². The number of aryl methyl sites for hydroxylation is 1. The predicted octanol–water partition coefficient (Wildman–Crippen LogP) is 2.50. The quantitative estimate of drug-likeness (QED) is 0.691. The van der Waals surface area contributed by atoms with Gasteiger partial charge in [-0.05, 0) is 25.1 Å². The van der Waals surface area contributed by atoms with Gasteiger partial charge in [0.15, 0.2) is 4.80 Å². The zero-order valence-corrected chi connectivity index (χ0v) is 17.7. The summed E-state index contributed by atoms with van der Waals surface area (Å²) in [6.45, 7) is 5.22. The van der Waals surface area contributed by atoms with Crippen LogP contribution in [0, 0.1) is 0 Å². The molecular weight excluding hydrogens is 438 g/mol. The van der Waals surface area contributed by atoms with Crippen LogP contribution in [0.2, 0.25) is 0 Å². The van der Waals surface area contributed by atoms with E-state index in [-0.39, 0.29) is 17.6 Å². The van der Waals surface area contributed by atoms with Crippen molar-refractivity contribution in [3.8, 4) is 0 Å². The van der Waals surface area contributed by atoms with Crippen LogP contribution >= 0.6 is 39.0 Å². The molecule has 0 atom stereocenters. The lowest BCUT2D eigenvalue weighted by molar-refractivity contribution is -0.132. The summed E-state index contributed by atoms with van der Waals surface area (Å²) < 4.78 is 9.37. The van der Waals surface area contributed by atoms with Crippen molar-refractivity contribution in [2.75, 3.05) is 37.8 Å². The largest absolute Gasteiger partial charge is 0.378 e. The van der Waals surface area contributed by atoms with Gasteiger partial charge in [0.05, 0.1) is 34.9 Å². The van der Waals surface area contributed by atoms with E-state index in [1.807, 2.05) is 29.7 Å². The second kappa shape index (κ2) is 9.16. The van der Waals surface area contributed by atoms with Gasteiger partial charge in [0.1, 0.15) is 0 Å². The monoisotopic (exact) mass is 457 g/mol. The number of carbonyl (C=O) groups is 2. The number of thioether (sulfide) groups is 1. The molecule has 1 saturated heterocycles. The highest BCUT2D eigenvalue weighted by Crippen LogP contribution is 2.22. The number of hydrogen-bond acceptors (Lipinski definition) is 5. The summed E-state index contributed by atoms with van der Waals surface area (Å²) in [7, 11) is 0. The van der Waals surface area contributed by atoms with E-state index in [1.54, 1.807) is 4.90 Å². The second-order valence-electron chi connectivity index (χ2n) is 5.73. The summed E-state index contributed by atoms with van der Waals surface area (Å²) in [6, 6.07) is 6.05. The highest BCUT2D eigenvalue weighted by molar-refractivity contribution is 9.10. The molecule has 6 nitrogen and oxygen atoms in total. The highest BCUT2D eigenvalue weighted by Gasteiger charge is 2.17. The molecule has 2 heterocycles. The molecule has 0 saturated carbocycles. The number of hydrogen-bond donors (Lipinski definition) is 0. The molecule has 2 aromatic rings. The molecule has 0 spiro atoms. The molecule has 0 unspecified atom stereocenters. The van der Waals surface area contributed by atoms with Crippen LogP contribution in [0.1, 0.15) is 6.92 Å². The third kappa shape index (κ3) is 4.76. The van der Waals surface area contributed by atoms with E-state index in [4.69, 9.17) is 4.74 Å². The molecule has 1 aromatic heterocycles. The Morgan fingerprint density at radius 3 is 2.81 bits per heavy atom. The summed E-state index contributed by atoms with van der Waals surface area (Å²) in [5, 5.41) is 0. The fraction of sp³-hybridized carbons (Fsp3) is 0.471. The van der Waals surface area contributed by atoms with Gasteiger partial charge in [0.2, 0.25) is 5.91 Å². The lowest BCUT2D eigenvalue weighted by Gasteiger charge is -2.26. The zero-order valence-electron chi connectivity index (χ0n) is 14.4. The first-order chi connectivity index (χ1) is 12.6. The maximum absolute atomic E-state index is 12.2. The Bertz CT molecular complexity index is 872. The minimum atomic E-state index is -0.211. The normalized spacial score (nSPS) is 15.6. The fourth-order valence-corrected chi connectivity index (χ4v) is 5.07. The number of aromatic nitrogens is 1. The molecule has 1 aliphatic rings. The summed E-state index contributed by atoms with van der Waals surface area (Å²) in [5.41, 5.74) is 1.07. The smallest absolute Gasteiger partial charge is 0.258 e. The molecule has 1 aliphatic heterocycles. The standard InChI is InChI=1S/C17H20BrN3O3S2/c1-2-21-13-4-3-12(18)9-14(13)26-17(21)19-15(22)10-25-11-16(23)20-5-7-24-8-6-20/h3-4,9H,2,5-8,10-11H2,1H3. The Balaban J connectivity index is 1.63. The van der Waals surface area contributed by atoms with Crippen LogP contribution in [0.4, 0.5) is 0 Å². The number of benzene rings is 1. The van der Waals surface area contributed by atoms with Gasteiger partial charge in [0.25, 0.3) is 5.91 Å². The Morgan fingerprint density at radius 1 is 1.31 bits per heavy atom. The first kappa shape index (κ1) is 19.6. The minimum absolute atomic E-state index is 0.0569. The van der Waals surface area contributed by atoms with Crippen molar-refractivity contribution < 1.29 is 14.3 Å². The molecule has 26 heavy (non-hydrogen) atoms. The van der Waals surface area contributed by atoms with Crippen molar-refractivity contribution in [2.45, 2.75) is 13.5 Å². The van der Waals surface area contributed by atoms with Gasteiger partial charge in [-0.15, -0.1) is 11.8 Å². The van der Waals surface area contributed by atoms with E-state index in [1.165, 1.54) is 23.1 Å². The average molecular weight is 458 g/mol. The molecule has 0 bridgehead atoms. The average Bonchev–Trinajstić information content (AvgIpc) is 2.98. The molecule has 0 radical (unpaired) electrons. The number of fused-ring (bicyclic) bond motifs is 1. The number of nitrogens with zero attached hydrogens (tertiary/aromatic N) is 3. The van der Waals surface area contributed by atoms with E-state index < -0.39 is 0 Å². The minimum Gasteiger partial charge on any atom is -0.378 e. The van der Waals surface area contributed by atoms with Gasteiger partial charge in [-0.2, -0.15) is 4.99 Å². The topological polar surface area (TPSA) is 63.9 Å². The molecule has 1 fully saturated rings. The number of thiazole rings is 1. The lowest BCUT2D eigenvalue weighted by atomic mass is 10.3. The van der Waals surface area contributed by atoms with E-state index in [2.05, 4.69) is 20.9 Å². The van der Waals surface area contributed by atoms with Crippen LogP contribution < -0.4 is 4.80 Å². The third-order valence-corrected chi connectivity index (χ3v) is 6.43. The summed E-state index contributed by atoms with van der Waals surface area (Å²) in [4.78, 5) is 31.1. The molecule has 2 amide bonds. The van der Waals surface area contributed by atoms with Gasteiger partial charge in [-0.25, -0.2) is 0 Å². The zero-order chi connectivity index (χ0) is 18.5. The summed E-state index contributed by atoms with van der Waals surface area (Å²) >= 11 is 6.29. The summed E-state index contributed by atoms with van der Waals surface area (Å²) in [6.07, 6.45) is 0. The molecule has 3 rings (SSSR count). The SMILES string of the molecule is CCn1c(=NC(=O)CSCC(=O)N2CCOCC2)sc2cc(Br)ccc21. The van der Waals surface area contributed by atoms with E-state index in [9.17, 15) is 9.59 Å². The van der Waals surface area contributed by atoms with Crippen molar-refractivity contribution in [2.24, 2.45) is 4.99 Å².